The maximum atomic E-state index is 11.9. The van der Waals surface area contributed by atoms with Gasteiger partial charge in [-0.3, -0.25) is 9.59 Å². The van der Waals surface area contributed by atoms with Gasteiger partial charge < -0.3 is 12.3 Å². The zero-order valence-electron chi connectivity index (χ0n) is 34.2. The van der Waals surface area contributed by atoms with E-state index in [-0.39, 0.29) is 74.8 Å². The summed E-state index contributed by atoms with van der Waals surface area (Å²) < 4.78 is 9.46. The average molecular weight is 697 g/mol. The fourth-order valence-corrected chi connectivity index (χ4v) is 5.81. The predicted molar refractivity (Wildman–Crippen MR) is 193 cm³/mol. The SMILES string of the molecule is CCCCCCCCCCCCCCCCCC(=O)OC(=O)/C=C/C(=O)OC(=O)CCCCCCCCCCCCCCCCC.[H-].[H-].[Na+].[Na+]. The van der Waals surface area contributed by atoms with Gasteiger partial charge in [-0.1, -0.05) is 194 Å². The van der Waals surface area contributed by atoms with E-state index in [4.69, 9.17) is 9.47 Å². The maximum Gasteiger partial charge on any atom is 1.00 e. The Kier molecular flexibility index (Phi) is 47.1. The van der Waals surface area contributed by atoms with Crippen molar-refractivity contribution in [2.45, 2.75) is 219 Å². The van der Waals surface area contributed by atoms with Gasteiger partial charge in [0, 0.05) is 25.0 Å². The van der Waals surface area contributed by atoms with Crippen LogP contribution in [-0.4, -0.2) is 23.9 Å². The van der Waals surface area contributed by atoms with Gasteiger partial charge in [-0.25, -0.2) is 9.59 Å². The van der Waals surface area contributed by atoms with Crippen molar-refractivity contribution in [3.05, 3.63) is 12.2 Å². The molecule has 0 aromatic carbocycles. The Hall–Kier alpha value is 0.0200. The van der Waals surface area contributed by atoms with Crippen LogP contribution < -0.4 is 59.1 Å². The van der Waals surface area contributed by atoms with Crippen LogP contribution >= 0.6 is 0 Å². The van der Waals surface area contributed by atoms with Crippen LogP contribution in [0, 0.1) is 0 Å². The first kappa shape index (κ1) is 52.4. The summed E-state index contributed by atoms with van der Waals surface area (Å²) in [6, 6.07) is 0. The molecule has 0 bridgehead atoms. The molecule has 0 radical (unpaired) electrons. The van der Waals surface area contributed by atoms with Gasteiger partial charge in [0.2, 0.25) is 0 Å². The van der Waals surface area contributed by atoms with E-state index >= 15 is 0 Å². The molecule has 6 nitrogen and oxygen atoms in total. The van der Waals surface area contributed by atoms with Crippen LogP contribution in [0.15, 0.2) is 12.2 Å². The molecule has 0 aliphatic carbocycles. The van der Waals surface area contributed by atoms with Crippen LogP contribution in [0.3, 0.4) is 0 Å². The molecule has 0 fully saturated rings. The normalized spacial score (nSPS) is 10.8. The summed E-state index contributed by atoms with van der Waals surface area (Å²) in [4.78, 5) is 47.4. The van der Waals surface area contributed by atoms with Crippen molar-refractivity contribution < 1.29 is 90.6 Å². The van der Waals surface area contributed by atoms with Crippen LogP contribution in [0.4, 0.5) is 0 Å². The Morgan fingerprint density at radius 2 is 0.542 bits per heavy atom. The number of carbonyl (C=O) groups excluding carboxylic acids is 4. The molecule has 0 saturated heterocycles. The summed E-state index contributed by atoms with van der Waals surface area (Å²) in [5.41, 5.74) is 0. The Balaban J connectivity index is -0.00000169. The van der Waals surface area contributed by atoms with E-state index in [1.165, 1.54) is 154 Å². The van der Waals surface area contributed by atoms with Crippen molar-refractivity contribution in [2.75, 3.05) is 0 Å². The van der Waals surface area contributed by atoms with Gasteiger partial charge in [-0.2, -0.15) is 0 Å². The second kappa shape index (κ2) is 43.2. The molecule has 0 aliphatic heterocycles. The van der Waals surface area contributed by atoms with E-state index < -0.39 is 23.9 Å². The van der Waals surface area contributed by atoms with Gasteiger partial charge in [0.25, 0.3) is 0 Å². The van der Waals surface area contributed by atoms with E-state index in [2.05, 4.69) is 13.8 Å². The first-order valence-electron chi connectivity index (χ1n) is 19.7. The second-order valence-electron chi connectivity index (χ2n) is 13.3. The largest absolute Gasteiger partial charge is 1.00 e. The van der Waals surface area contributed by atoms with Crippen molar-refractivity contribution >= 4 is 23.9 Å². The topological polar surface area (TPSA) is 86.7 Å². The third-order valence-electron chi connectivity index (χ3n) is 8.75. The van der Waals surface area contributed by atoms with Gasteiger partial charge >= 0.3 is 83.0 Å². The average Bonchev–Trinajstić information content (AvgIpc) is 3.03. The zero-order valence-corrected chi connectivity index (χ0v) is 36.2. The molecule has 0 aliphatic rings. The minimum absolute atomic E-state index is 0. The standard InChI is InChI=1S/C40H72O6.2Na.2H/c1-3-5-7-9-11-13-15-17-19-21-23-25-27-29-31-33-37(41)45-39(43)35-36-40(44)46-38(42)34-32-30-28-26-24-22-20-18-16-14-12-10-8-6-4-2;;;;/h35-36H,3-34H2,1-2H3;;;;/q;2*+1;2*-1/b36-35+;;;;. The van der Waals surface area contributed by atoms with Crippen LogP contribution in [-0.2, 0) is 28.7 Å². The van der Waals surface area contributed by atoms with E-state index in [0.717, 1.165) is 37.8 Å². The number of esters is 4. The quantitative estimate of drug-likeness (QED) is 0.0253. The van der Waals surface area contributed by atoms with E-state index in [9.17, 15) is 19.2 Å². The summed E-state index contributed by atoms with van der Waals surface area (Å²) >= 11 is 0. The third kappa shape index (κ3) is 42.2. The molecule has 0 amide bonds. The number of ether oxygens (including phenoxy) is 2. The molecule has 48 heavy (non-hydrogen) atoms. The Morgan fingerprint density at radius 1 is 0.354 bits per heavy atom. The minimum atomic E-state index is -0.919. The molecule has 0 atom stereocenters. The first-order chi connectivity index (χ1) is 22.5. The molecule has 8 heteroatoms. The van der Waals surface area contributed by atoms with Crippen LogP contribution in [0.2, 0.25) is 0 Å². The molecule has 0 spiro atoms. The summed E-state index contributed by atoms with van der Waals surface area (Å²) in [6.07, 6.45) is 39.3. The van der Waals surface area contributed by atoms with Crippen molar-refractivity contribution in [1.82, 2.24) is 0 Å². The number of hydrogen-bond acceptors (Lipinski definition) is 6. The summed E-state index contributed by atoms with van der Waals surface area (Å²) in [7, 11) is 0. The minimum Gasteiger partial charge on any atom is -1.00 e. The number of carbonyl (C=O) groups is 4. The van der Waals surface area contributed by atoms with Gasteiger partial charge in [0.1, 0.15) is 0 Å². The Morgan fingerprint density at radius 3 is 0.750 bits per heavy atom. The summed E-state index contributed by atoms with van der Waals surface area (Å²) in [5, 5.41) is 0. The van der Waals surface area contributed by atoms with E-state index in [0.29, 0.717) is 12.8 Å². The van der Waals surface area contributed by atoms with Gasteiger partial charge in [-0.15, -0.1) is 0 Å². The van der Waals surface area contributed by atoms with Gasteiger partial charge in [0.05, 0.1) is 0 Å². The van der Waals surface area contributed by atoms with E-state index in [1.54, 1.807) is 0 Å². The molecule has 0 aromatic rings. The third-order valence-corrected chi connectivity index (χ3v) is 8.75. The van der Waals surface area contributed by atoms with Gasteiger partial charge in [0.15, 0.2) is 0 Å². The van der Waals surface area contributed by atoms with Crippen molar-refractivity contribution in [3.63, 3.8) is 0 Å². The summed E-state index contributed by atoms with van der Waals surface area (Å²) in [6.45, 7) is 4.51. The molecule has 0 unspecified atom stereocenters. The molecule has 0 N–H and O–H groups in total. The molecule has 272 valence electrons. The fraction of sp³-hybridized carbons (Fsp3) is 0.850. The number of rotatable bonds is 34. The maximum absolute atomic E-state index is 11.9. The number of hydrogen-bond donors (Lipinski definition) is 0. The first-order valence-corrected chi connectivity index (χ1v) is 19.7. The van der Waals surface area contributed by atoms with Crippen LogP contribution in [0.5, 0.6) is 0 Å². The predicted octanol–water partition coefficient (Wildman–Crippen LogP) is 6.44. The van der Waals surface area contributed by atoms with Crippen LogP contribution in [0.1, 0.15) is 222 Å². The Labute approximate surface area is 343 Å². The summed E-state index contributed by atoms with van der Waals surface area (Å²) in [5.74, 6) is -3.03. The molecular formula is C40H74Na2O6. The monoisotopic (exact) mass is 697 g/mol. The molecule has 0 saturated carbocycles. The molecule has 0 aromatic heterocycles. The zero-order chi connectivity index (χ0) is 33.8. The fourth-order valence-electron chi connectivity index (χ4n) is 5.81. The van der Waals surface area contributed by atoms with Gasteiger partial charge in [-0.05, 0) is 12.8 Å². The number of unbranched alkanes of at least 4 members (excludes halogenated alkanes) is 28. The molecular weight excluding hydrogens is 622 g/mol. The van der Waals surface area contributed by atoms with E-state index in [1.807, 2.05) is 0 Å². The van der Waals surface area contributed by atoms with Crippen LogP contribution in [0.25, 0.3) is 0 Å². The van der Waals surface area contributed by atoms with Crippen molar-refractivity contribution in [2.24, 2.45) is 0 Å². The Bertz CT molecular complexity index is 721. The smallest absolute Gasteiger partial charge is 1.00 e. The second-order valence-corrected chi connectivity index (χ2v) is 13.3. The molecule has 0 heterocycles. The van der Waals surface area contributed by atoms with Crippen molar-refractivity contribution in [3.8, 4) is 0 Å². The molecule has 0 rings (SSSR count). The van der Waals surface area contributed by atoms with Crippen molar-refractivity contribution in [1.29, 1.82) is 0 Å².